The summed E-state index contributed by atoms with van der Waals surface area (Å²) in [6.07, 6.45) is 0.851. The number of hydrogen-bond acceptors (Lipinski definition) is 6. The van der Waals surface area contributed by atoms with Crippen LogP contribution in [0.2, 0.25) is 0 Å². The molecule has 2 aromatic carbocycles. The lowest BCUT2D eigenvalue weighted by atomic mass is 9.95. The number of aromatic nitrogens is 4. The fourth-order valence-corrected chi connectivity index (χ4v) is 3.48. The van der Waals surface area contributed by atoms with Gasteiger partial charge in [-0.15, -0.1) is 10.2 Å². The topological polar surface area (TPSA) is 91.2 Å². The number of carbonyl (C=O) groups is 1. The van der Waals surface area contributed by atoms with E-state index in [9.17, 15) is 4.79 Å². The molecule has 1 N–H and O–H groups in total. The number of amides is 1. The van der Waals surface area contributed by atoms with Gasteiger partial charge in [-0.1, -0.05) is 49.7 Å². The van der Waals surface area contributed by atoms with Crippen LogP contribution < -0.4 is 14.8 Å². The lowest BCUT2D eigenvalue weighted by Crippen LogP contribution is -2.34. The van der Waals surface area contributed by atoms with Gasteiger partial charge in [0.05, 0.1) is 19.3 Å². The molecule has 8 nitrogen and oxygen atoms in total. The second-order valence-electron chi connectivity index (χ2n) is 8.06. The molecule has 0 aliphatic carbocycles. The first-order chi connectivity index (χ1) is 15.0. The molecule has 3 aromatic rings. The molecule has 4 rings (SSSR count). The number of benzene rings is 2. The van der Waals surface area contributed by atoms with E-state index in [0.717, 1.165) is 34.6 Å². The minimum atomic E-state index is -0.182. The van der Waals surface area contributed by atoms with Crippen LogP contribution >= 0.6 is 0 Å². The summed E-state index contributed by atoms with van der Waals surface area (Å²) in [5.41, 5.74) is 2.99. The van der Waals surface area contributed by atoms with Crippen molar-refractivity contribution in [2.45, 2.75) is 39.8 Å². The van der Waals surface area contributed by atoms with Crippen molar-refractivity contribution in [3.05, 3.63) is 53.6 Å². The molecular weight excluding hydrogens is 394 g/mol. The van der Waals surface area contributed by atoms with Gasteiger partial charge in [0.15, 0.2) is 11.5 Å². The van der Waals surface area contributed by atoms with Crippen LogP contribution in [0.1, 0.15) is 37.4 Å². The van der Waals surface area contributed by atoms with Gasteiger partial charge in [0.2, 0.25) is 11.7 Å². The van der Waals surface area contributed by atoms with Gasteiger partial charge in [-0.05, 0) is 35.8 Å². The van der Waals surface area contributed by atoms with E-state index >= 15 is 0 Å². The monoisotopic (exact) mass is 421 g/mol. The van der Waals surface area contributed by atoms with Gasteiger partial charge in [0.1, 0.15) is 6.54 Å². The highest BCUT2D eigenvalue weighted by molar-refractivity contribution is 5.76. The Balaban J connectivity index is 1.45. The van der Waals surface area contributed by atoms with Crippen molar-refractivity contribution in [3.8, 4) is 22.9 Å². The van der Waals surface area contributed by atoms with Crippen molar-refractivity contribution in [1.82, 2.24) is 25.5 Å². The zero-order valence-corrected chi connectivity index (χ0v) is 18.0. The van der Waals surface area contributed by atoms with Crippen molar-refractivity contribution in [2.24, 2.45) is 5.92 Å². The molecule has 0 saturated heterocycles. The summed E-state index contributed by atoms with van der Waals surface area (Å²) in [5, 5.41) is 15.5. The Kier molecular flexibility index (Phi) is 6.16. The maximum Gasteiger partial charge on any atom is 0.244 e. The van der Waals surface area contributed by atoms with Gasteiger partial charge in [-0.25, -0.2) is 0 Å². The normalized spacial score (nSPS) is 14.2. The van der Waals surface area contributed by atoms with Crippen LogP contribution in [0, 0.1) is 12.8 Å². The summed E-state index contributed by atoms with van der Waals surface area (Å²) >= 11 is 0. The summed E-state index contributed by atoms with van der Waals surface area (Å²) in [5.74, 6) is 1.96. The van der Waals surface area contributed by atoms with E-state index in [2.05, 4.69) is 34.6 Å². The van der Waals surface area contributed by atoms with Gasteiger partial charge in [-0.3, -0.25) is 4.79 Å². The van der Waals surface area contributed by atoms with Crippen molar-refractivity contribution in [2.75, 3.05) is 13.2 Å². The molecule has 0 radical (unpaired) electrons. The second kappa shape index (κ2) is 9.16. The highest BCUT2D eigenvalue weighted by Crippen LogP contribution is 2.34. The van der Waals surface area contributed by atoms with E-state index in [1.54, 1.807) is 0 Å². The Morgan fingerprint density at radius 3 is 2.58 bits per heavy atom. The van der Waals surface area contributed by atoms with E-state index in [-0.39, 0.29) is 24.4 Å². The number of nitrogens with one attached hydrogen (secondary N) is 1. The SMILES string of the molecule is Cc1ccc(-c2nnn(CC(=O)N[C@H](c3ccc4c(c3)OCCCO4)C(C)C)n2)cc1. The highest BCUT2D eigenvalue weighted by Gasteiger charge is 2.22. The van der Waals surface area contributed by atoms with Crippen LogP contribution in [-0.2, 0) is 11.3 Å². The first-order valence-corrected chi connectivity index (χ1v) is 10.5. The molecule has 0 bridgehead atoms. The first-order valence-electron chi connectivity index (χ1n) is 10.5. The van der Waals surface area contributed by atoms with Gasteiger partial charge >= 0.3 is 0 Å². The van der Waals surface area contributed by atoms with Crippen molar-refractivity contribution in [1.29, 1.82) is 0 Å². The molecule has 1 aliphatic rings. The zero-order valence-electron chi connectivity index (χ0n) is 18.0. The van der Waals surface area contributed by atoms with Gasteiger partial charge < -0.3 is 14.8 Å². The second-order valence-corrected chi connectivity index (χ2v) is 8.06. The number of ether oxygens (including phenoxy) is 2. The Bertz CT molecular complexity index is 1050. The molecule has 0 fully saturated rings. The molecule has 2 heterocycles. The van der Waals surface area contributed by atoms with E-state index in [1.807, 2.05) is 49.4 Å². The van der Waals surface area contributed by atoms with Gasteiger partial charge in [-0.2, -0.15) is 4.80 Å². The summed E-state index contributed by atoms with van der Waals surface area (Å²) < 4.78 is 11.5. The van der Waals surface area contributed by atoms with Crippen LogP contribution in [0.4, 0.5) is 0 Å². The fourth-order valence-electron chi connectivity index (χ4n) is 3.48. The minimum absolute atomic E-state index is 0.00731. The lowest BCUT2D eigenvalue weighted by Gasteiger charge is -2.23. The smallest absolute Gasteiger partial charge is 0.244 e. The molecule has 8 heteroatoms. The standard InChI is InChI=1S/C23H27N5O3/c1-15(2)22(18-9-10-19-20(13-18)31-12-4-11-30-19)24-21(29)14-28-26-23(25-27-28)17-7-5-16(3)6-8-17/h5-10,13,15,22H,4,11-12,14H2,1-3H3,(H,24,29)/t22-/m0/s1. The summed E-state index contributed by atoms with van der Waals surface area (Å²) in [4.78, 5) is 14.1. The predicted octanol–water partition coefficient (Wildman–Crippen LogP) is 3.32. The molecule has 1 aliphatic heterocycles. The number of nitrogens with zero attached hydrogens (tertiary/aromatic N) is 4. The number of hydrogen-bond donors (Lipinski definition) is 1. The van der Waals surface area contributed by atoms with Crippen LogP contribution in [0.5, 0.6) is 11.5 Å². The summed E-state index contributed by atoms with van der Waals surface area (Å²) in [7, 11) is 0. The maximum absolute atomic E-state index is 12.7. The molecule has 162 valence electrons. The first kappa shape index (κ1) is 20.8. The maximum atomic E-state index is 12.7. The number of carbonyl (C=O) groups excluding carboxylic acids is 1. The number of rotatable bonds is 6. The van der Waals surface area contributed by atoms with Crippen LogP contribution in [0.25, 0.3) is 11.4 Å². The number of tetrazole rings is 1. The minimum Gasteiger partial charge on any atom is -0.490 e. The summed E-state index contributed by atoms with van der Waals surface area (Å²) in [6, 6.07) is 13.5. The Morgan fingerprint density at radius 1 is 1.10 bits per heavy atom. The molecule has 0 spiro atoms. The molecule has 1 atom stereocenters. The average Bonchev–Trinajstić information content (AvgIpc) is 3.08. The third-order valence-electron chi connectivity index (χ3n) is 5.16. The van der Waals surface area contributed by atoms with E-state index in [0.29, 0.717) is 19.0 Å². The van der Waals surface area contributed by atoms with Gasteiger partial charge in [0, 0.05) is 12.0 Å². The van der Waals surface area contributed by atoms with Crippen molar-refractivity contribution < 1.29 is 14.3 Å². The highest BCUT2D eigenvalue weighted by atomic mass is 16.5. The van der Waals surface area contributed by atoms with Crippen LogP contribution in [0.3, 0.4) is 0 Å². The molecule has 0 saturated carbocycles. The zero-order chi connectivity index (χ0) is 21.8. The van der Waals surface area contributed by atoms with Crippen molar-refractivity contribution >= 4 is 5.91 Å². The van der Waals surface area contributed by atoms with E-state index < -0.39 is 0 Å². The molecule has 31 heavy (non-hydrogen) atoms. The Morgan fingerprint density at radius 2 is 1.84 bits per heavy atom. The molecule has 1 aromatic heterocycles. The van der Waals surface area contributed by atoms with Gasteiger partial charge in [0.25, 0.3) is 0 Å². The van der Waals surface area contributed by atoms with Crippen molar-refractivity contribution in [3.63, 3.8) is 0 Å². The van der Waals surface area contributed by atoms with E-state index in [4.69, 9.17) is 9.47 Å². The predicted molar refractivity (Wildman–Crippen MR) is 116 cm³/mol. The quantitative estimate of drug-likeness (QED) is 0.657. The fraction of sp³-hybridized carbons (Fsp3) is 0.391. The number of fused-ring (bicyclic) bond motifs is 1. The lowest BCUT2D eigenvalue weighted by molar-refractivity contribution is -0.123. The molecule has 1 amide bonds. The average molecular weight is 422 g/mol. The molecular formula is C23H27N5O3. The number of aryl methyl sites for hydroxylation is 1. The summed E-state index contributed by atoms with van der Waals surface area (Å²) in [6.45, 7) is 7.41. The van der Waals surface area contributed by atoms with E-state index in [1.165, 1.54) is 4.80 Å². The Hall–Kier alpha value is -3.42. The van der Waals surface area contributed by atoms with Crippen LogP contribution in [-0.4, -0.2) is 39.3 Å². The van der Waals surface area contributed by atoms with Crippen LogP contribution in [0.15, 0.2) is 42.5 Å². The Labute approximate surface area is 181 Å². The largest absolute Gasteiger partial charge is 0.490 e. The third kappa shape index (κ3) is 5.02. The third-order valence-corrected chi connectivity index (χ3v) is 5.16. The molecule has 0 unspecified atom stereocenters.